The van der Waals surface area contributed by atoms with Crippen LogP contribution < -0.4 is 5.32 Å². The maximum Gasteiger partial charge on any atom is 0.304 e. The molecule has 6 heteroatoms. The number of benzene rings is 1. The van der Waals surface area contributed by atoms with Crippen molar-refractivity contribution in [1.29, 1.82) is 0 Å². The molecule has 0 atom stereocenters. The van der Waals surface area contributed by atoms with E-state index in [0.717, 1.165) is 13.0 Å². The van der Waals surface area contributed by atoms with Crippen molar-refractivity contribution in [3.63, 3.8) is 0 Å². The van der Waals surface area contributed by atoms with Crippen LogP contribution in [0, 0.1) is 15.9 Å². The van der Waals surface area contributed by atoms with E-state index in [1.54, 1.807) is 17.4 Å². The molecule has 0 aliphatic heterocycles. The van der Waals surface area contributed by atoms with Gasteiger partial charge in [0.25, 0.3) is 0 Å². The highest BCUT2D eigenvalue weighted by Gasteiger charge is 2.13. The van der Waals surface area contributed by atoms with Gasteiger partial charge >= 0.3 is 5.69 Å². The van der Waals surface area contributed by atoms with Gasteiger partial charge < -0.3 is 5.32 Å². The summed E-state index contributed by atoms with van der Waals surface area (Å²) in [7, 11) is 0. The van der Waals surface area contributed by atoms with E-state index in [0.29, 0.717) is 12.1 Å². The lowest BCUT2D eigenvalue weighted by atomic mass is 10.2. The first-order chi connectivity index (χ1) is 9.16. The van der Waals surface area contributed by atoms with Crippen LogP contribution >= 0.6 is 11.3 Å². The monoisotopic (exact) mass is 280 g/mol. The molecular formula is C13H13FN2O2S. The number of nitro benzene ring substituents is 1. The molecule has 2 aromatic rings. The van der Waals surface area contributed by atoms with E-state index in [1.165, 1.54) is 17.0 Å². The van der Waals surface area contributed by atoms with Crippen molar-refractivity contribution in [2.75, 3.05) is 6.54 Å². The number of hydrogen-bond donors (Lipinski definition) is 1. The van der Waals surface area contributed by atoms with Crippen molar-refractivity contribution in [3.05, 3.63) is 62.1 Å². The van der Waals surface area contributed by atoms with E-state index in [9.17, 15) is 14.5 Å². The SMILES string of the molecule is O=[N+]([O-])c1ccc(CNCCc2cccs2)cc1F. The van der Waals surface area contributed by atoms with Crippen molar-refractivity contribution in [1.82, 2.24) is 5.32 Å². The molecular weight excluding hydrogens is 267 g/mol. The largest absolute Gasteiger partial charge is 0.312 e. The molecule has 1 heterocycles. The summed E-state index contributed by atoms with van der Waals surface area (Å²) in [6, 6.07) is 8.05. The van der Waals surface area contributed by atoms with Crippen molar-refractivity contribution in [2.24, 2.45) is 0 Å². The van der Waals surface area contributed by atoms with E-state index in [1.807, 2.05) is 11.4 Å². The molecule has 1 aromatic heterocycles. The standard InChI is InChI=1S/C13H13FN2O2S/c14-12-8-10(3-4-13(12)16(17)18)9-15-6-5-11-2-1-7-19-11/h1-4,7-8,15H,5-6,9H2. The lowest BCUT2D eigenvalue weighted by molar-refractivity contribution is -0.387. The first kappa shape index (κ1) is 13.6. The van der Waals surface area contributed by atoms with E-state index in [4.69, 9.17) is 0 Å². The first-order valence-corrected chi connectivity index (χ1v) is 6.70. The first-order valence-electron chi connectivity index (χ1n) is 5.83. The topological polar surface area (TPSA) is 55.2 Å². The van der Waals surface area contributed by atoms with Crippen molar-refractivity contribution < 1.29 is 9.31 Å². The van der Waals surface area contributed by atoms with Crippen molar-refractivity contribution >= 4 is 17.0 Å². The number of rotatable bonds is 6. The van der Waals surface area contributed by atoms with Gasteiger partial charge in [-0.2, -0.15) is 4.39 Å². The molecule has 0 amide bonds. The second-order valence-electron chi connectivity index (χ2n) is 4.05. The minimum atomic E-state index is -0.789. The minimum Gasteiger partial charge on any atom is -0.312 e. The van der Waals surface area contributed by atoms with Crippen LogP contribution in [0.15, 0.2) is 35.7 Å². The molecule has 0 saturated carbocycles. The van der Waals surface area contributed by atoms with E-state index >= 15 is 0 Å². The molecule has 0 fully saturated rings. The van der Waals surface area contributed by atoms with Crippen LogP contribution in [-0.4, -0.2) is 11.5 Å². The maximum atomic E-state index is 13.4. The number of thiophene rings is 1. The maximum absolute atomic E-state index is 13.4. The molecule has 0 saturated heterocycles. The van der Waals surface area contributed by atoms with Gasteiger partial charge in [-0.1, -0.05) is 12.1 Å². The van der Waals surface area contributed by atoms with Crippen LogP contribution in [0.2, 0.25) is 0 Å². The highest BCUT2D eigenvalue weighted by molar-refractivity contribution is 7.09. The Kier molecular flexibility index (Phi) is 4.59. The van der Waals surface area contributed by atoms with Crippen LogP contribution in [0.1, 0.15) is 10.4 Å². The third-order valence-corrected chi connectivity index (χ3v) is 3.60. The second kappa shape index (κ2) is 6.40. The highest BCUT2D eigenvalue weighted by Crippen LogP contribution is 2.17. The zero-order chi connectivity index (χ0) is 13.7. The Bertz CT molecular complexity index is 558. The van der Waals surface area contributed by atoms with E-state index in [2.05, 4.69) is 11.4 Å². The molecule has 0 spiro atoms. The van der Waals surface area contributed by atoms with Gasteiger partial charge in [-0.05, 0) is 29.5 Å². The van der Waals surface area contributed by atoms with Gasteiger partial charge in [-0.25, -0.2) is 0 Å². The van der Waals surface area contributed by atoms with Crippen LogP contribution in [0.5, 0.6) is 0 Å². The van der Waals surface area contributed by atoms with Gasteiger partial charge in [0.15, 0.2) is 0 Å². The van der Waals surface area contributed by atoms with E-state index < -0.39 is 16.4 Å². The second-order valence-corrected chi connectivity index (χ2v) is 5.08. The highest BCUT2D eigenvalue weighted by atomic mass is 32.1. The molecule has 4 nitrogen and oxygen atoms in total. The fraction of sp³-hybridized carbons (Fsp3) is 0.231. The summed E-state index contributed by atoms with van der Waals surface area (Å²) in [5, 5.41) is 15.7. The fourth-order valence-corrected chi connectivity index (χ4v) is 2.42. The van der Waals surface area contributed by atoms with Gasteiger partial charge in [0.2, 0.25) is 5.82 Å². The van der Waals surface area contributed by atoms with Gasteiger partial charge in [-0.3, -0.25) is 10.1 Å². The Balaban J connectivity index is 1.83. The van der Waals surface area contributed by atoms with E-state index in [-0.39, 0.29) is 0 Å². The molecule has 0 aliphatic rings. The summed E-state index contributed by atoms with van der Waals surface area (Å²) in [6.07, 6.45) is 0.924. The van der Waals surface area contributed by atoms with Crippen LogP contribution in [0.3, 0.4) is 0 Å². The summed E-state index contributed by atoms with van der Waals surface area (Å²) in [6.45, 7) is 1.29. The summed E-state index contributed by atoms with van der Waals surface area (Å²) < 4.78 is 13.4. The normalized spacial score (nSPS) is 10.6. The average Bonchev–Trinajstić information content (AvgIpc) is 2.87. The molecule has 1 aromatic carbocycles. The number of hydrogen-bond acceptors (Lipinski definition) is 4. The number of nitrogens with one attached hydrogen (secondary N) is 1. The summed E-state index contributed by atoms with van der Waals surface area (Å²) in [4.78, 5) is 11.1. The molecule has 2 rings (SSSR count). The molecule has 19 heavy (non-hydrogen) atoms. The fourth-order valence-electron chi connectivity index (χ4n) is 1.71. The van der Waals surface area contributed by atoms with Gasteiger partial charge in [0.05, 0.1) is 4.92 Å². The van der Waals surface area contributed by atoms with Crippen LogP contribution in [0.4, 0.5) is 10.1 Å². The Hall–Kier alpha value is -1.79. The van der Waals surface area contributed by atoms with Crippen LogP contribution in [0.25, 0.3) is 0 Å². The quantitative estimate of drug-likeness (QED) is 0.502. The zero-order valence-corrected chi connectivity index (χ0v) is 11.0. The third kappa shape index (κ3) is 3.84. The Morgan fingerprint density at radius 3 is 2.84 bits per heavy atom. The average molecular weight is 280 g/mol. The number of nitro groups is 1. The molecule has 0 bridgehead atoms. The Morgan fingerprint density at radius 1 is 1.37 bits per heavy atom. The van der Waals surface area contributed by atoms with Crippen LogP contribution in [-0.2, 0) is 13.0 Å². The Morgan fingerprint density at radius 2 is 2.21 bits per heavy atom. The summed E-state index contributed by atoms with van der Waals surface area (Å²) >= 11 is 1.70. The lowest BCUT2D eigenvalue weighted by Gasteiger charge is -2.04. The number of nitrogens with zero attached hydrogens (tertiary/aromatic N) is 1. The molecule has 1 N–H and O–H groups in total. The van der Waals surface area contributed by atoms with Crippen molar-refractivity contribution in [3.8, 4) is 0 Å². The molecule has 100 valence electrons. The third-order valence-electron chi connectivity index (χ3n) is 2.67. The van der Waals surface area contributed by atoms with Gasteiger partial charge in [0, 0.05) is 24.0 Å². The number of halogens is 1. The molecule has 0 aliphatic carbocycles. The molecule has 0 radical (unpaired) electrons. The minimum absolute atomic E-state index is 0.484. The summed E-state index contributed by atoms with van der Waals surface area (Å²) in [5.41, 5.74) is 0.219. The summed E-state index contributed by atoms with van der Waals surface area (Å²) in [5.74, 6) is -0.789. The molecule has 0 unspecified atom stereocenters. The van der Waals surface area contributed by atoms with Crippen molar-refractivity contribution in [2.45, 2.75) is 13.0 Å². The van der Waals surface area contributed by atoms with Gasteiger partial charge in [0.1, 0.15) is 0 Å². The predicted molar refractivity (Wildman–Crippen MR) is 72.8 cm³/mol. The Labute approximate surface area is 114 Å². The predicted octanol–water partition coefficient (Wildman–Crippen LogP) is 3.13. The smallest absolute Gasteiger partial charge is 0.304 e. The van der Waals surface area contributed by atoms with Gasteiger partial charge in [-0.15, -0.1) is 11.3 Å². The lowest BCUT2D eigenvalue weighted by Crippen LogP contribution is -2.16. The zero-order valence-electron chi connectivity index (χ0n) is 10.1.